The Balaban J connectivity index is 2.23. The predicted molar refractivity (Wildman–Crippen MR) is 58.4 cm³/mol. The van der Waals surface area contributed by atoms with Crippen molar-refractivity contribution in [1.82, 2.24) is 4.98 Å². The van der Waals surface area contributed by atoms with Crippen LogP contribution in [0.15, 0.2) is 30.5 Å². The van der Waals surface area contributed by atoms with E-state index >= 15 is 0 Å². The summed E-state index contributed by atoms with van der Waals surface area (Å²) >= 11 is 7.07. The summed E-state index contributed by atoms with van der Waals surface area (Å²) < 4.78 is 6.19. The molecular weight excluding hydrogens is 218 g/mol. The number of aryl methyl sites for hydroxylation is 1. The van der Waals surface area contributed by atoms with E-state index in [4.69, 9.17) is 16.3 Å². The lowest BCUT2D eigenvalue weighted by Gasteiger charge is -2.03. The van der Waals surface area contributed by atoms with Gasteiger partial charge in [0.05, 0.1) is 6.20 Å². The Morgan fingerprint density at radius 1 is 1.36 bits per heavy atom. The molecule has 0 amide bonds. The van der Waals surface area contributed by atoms with Gasteiger partial charge in [0, 0.05) is 0 Å². The number of ether oxygens (including phenoxy) is 1. The van der Waals surface area contributed by atoms with E-state index in [2.05, 4.69) is 4.98 Å². The number of halogens is 1. The first-order chi connectivity index (χ1) is 6.75. The Labute approximate surface area is 91.1 Å². The molecule has 0 aliphatic rings. The fourth-order valence-electron chi connectivity index (χ4n) is 1.05. The van der Waals surface area contributed by atoms with Crippen LogP contribution < -0.4 is 4.74 Å². The molecule has 1 aromatic carbocycles. The van der Waals surface area contributed by atoms with Gasteiger partial charge in [-0.25, -0.2) is 4.98 Å². The zero-order chi connectivity index (χ0) is 9.97. The van der Waals surface area contributed by atoms with Crippen LogP contribution in [-0.4, -0.2) is 4.98 Å². The van der Waals surface area contributed by atoms with E-state index in [0.29, 0.717) is 9.53 Å². The number of hydrogen-bond acceptors (Lipinski definition) is 3. The van der Waals surface area contributed by atoms with Gasteiger partial charge in [-0.05, 0) is 18.6 Å². The quantitative estimate of drug-likeness (QED) is 0.774. The highest BCUT2D eigenvalue weighted by Gasteiger charge is 2.03. The van der Waals surface area contributed by atoms with E-state index in [1.54, 1.807) is 6.20 Å². The molecule has 0 aliphatic carbocycles. The Morgan fingerprint density at radius 2 is 2.14 bits per heavy atom. The van der Waals surface area contributed by atoms with Crippen LogP contribution in [0.2, 0.25) is 4.34 Å². The van der Waals surface area contributed by atoms with E-state index < -0.39 is 0 Å². The Morgan fingerprint density at radius 3 is 2.79 bits per heavy atom. The highest BCUT2D eigenvalue weighted by molar-refractivity contribution is 7.17. The third-order valence-corrected chi connectivity index (χ3v) is 2.74. The van der Waals surface area contributed by atoms with Gasteiger partial charge in [0.15, 0.2) is 0 Å². The molecule has 14 heavy (non-hydrogen) atoms. The van der Waals surface area contributed by atoms with Crippen molar-refractivity contribution in [3.63, 3.8) is 0 Å². The largest absolute Gasteiger partial charge is 0.431 e. The van der Waals surface area contributed by atoms with Crippen molar-refractivity contribution in [3.8, 4) is 10.9 Å². The van der Waals surface area contributed by atoms with Crippen LogP contribution >= 0.6 is 22.9 Å². The number of aromatic nitrogens is 1. The molecule has 0 aliphatic heterocycles. The second-order valence-corrected chi connectivity index (χ2v) is 4.42. The molecule has 72 valence electrons. The van der Waals surface area contributed by atoms with E-state index in [0.717, 1.165) is 11.3 Å². The van der Waals surface area contributed by atoms with Gasteiger partial charge < -0.3 is 4.74 Å². The average molecular weight is 226 g/mol. The van der Waals surface area contributed by atoms with Crippen molar-refractivity contribution >= 4 is 22.9 Å². The summed E-state index contributed by atoms with van der Waals surface area (Å²) in [5.74, 6) is 0.818. The van der Waals surface area contributed by atoms with Gasteiger partial charge >= 0.3 is 0 Å². The average Bonchev–Trinajstić information content (AvgIpc) is 2.56. The molecule has 0 atom stereocenters. The minimum Gasteiger partial charge on any atom is -0.431 e. The van der Waals surface area contributed by atoms with Crippen molar-refractivity contribution in [1.29, 1.82) is 0 Å². The van der Waals surface area contributed by atoms with Gasteiger partial charge in [0.2, 0.25) is 0 Å². The third kappa shape index (κ3) is 2.05. The number of thiazole rings is 1. The molecule has 0 N–H and O–H groups in total. The molecule has 4 heteroatoms. The van der Waals surface area contributed by atoms with Gasteiger partial charge in [0.1, 0.15) is 10.1 Å². The first-order valence-electron chi connectivity index (χ1n) is 4.10. The number of benzene rings is 1. The van der Waals surface area contributed by atoms with E-state index in [1.807, 2.05) is 31.2 Å². The third-order valence-electron chi connectivity index (χ3n) is 1.75. The van der Waals surface area contributed by atoms with Gasteiger partial charge in [-0.1, -0.05) is 41.1 Å². The summed E-state index contributed by atoms with van der Waals surface area (Å²) in [6.07, 6.45) is 1.58. The number of para-hydroxylation sites is 1. The van der Waals surface area contributed by atoms with Crippen molar-refractivity contribution in [2.24, 2.45) is 0 Å². The van der Waals surface area contributed by atoms with Gasteiger partial charge in [0.25, 0.3) is 5.19 Å². The smallest absolute Gasteiger partial charge is 0.280 e. The Kier molecular flexibility index (Phi) is 2.70. The van der Waals surface area contributed by atoms with Crippen molar-refractivity contribution in [2.45, 2.75) is 6.92 Å². The molecule has 0 unspecified atom stereocenters. The van der Waals surface area contributed by atoms with Crippen LogP contribution in [0.25, 0.3) is 0 Å². The normalized spacial score (nSPS) is 10.1. The molecule has 0 radical (unpaired) electrons. The Hall–Kier alpha value is -1.06. The molecule has 0 fully saturated rings. The topological polar surface area (TPSA) is 22.1 Å². The zero-order valence-electron chi connectivity index (χ0n) is 7.53. The maximum atomic E-state index is 5.74. The molecule has 2 rings (SSSR count). The number of rotatable bonds is 2. The fraction of sp³-hybridized carbons (Fsp3) is 0.100. The van der Waals surface area contributed by atoms with Gasteiger partial charge in [-0.3, -0.25) is 0 Å². The first kappa shape index (κ1) is 9.49. The summed E-state index contributed by atoms with van der Waals surface area (Å²) in [6.45, 7) is 1.99. The molecule has 0 saturated carbocycles. The fourth-order valence-corrected chi connectivity index (χ4v) is 1.81. The van der Waals surface area contributed by atoms with Gasteiger partial charge in [-0.2, -0.15) is 0 Å². The van der Waals surface area contributed by atoms with Gasteiger partial charge in [-0.15, -0.1) is 0 Å². The molecule has 0 spiro atoms. The maximum Gasteiger partial charge on any atom is 0.280 e. The van der Waals surface area contributed by atoms with Crippen molar-refractivity contribution in [3.05, 3.63) is 40.4 Å². The van der Waals surface area contributed by atoms with Crippen LogP contribution in [0.3, 0.4) is 0 Å². The van der Waals surface area contributed by atoms with E-state index in [1.165, 1.54) is 11.3 Å². The summed E-state index contributed by atoms with van der Waals surface area (Å²) in [5.41, 5.74) is 1.08. The summed E-state index contributed by atoms with van der Waals surface area (Å²) in [6, 6.07) is 7.80. The number of hydrogen-bond donors (Lipinski definition) is 0. The molecule has 1 aromatic heterocycles. The van der Waals surface area contributed by atoms with Crippen molar-refractivity contribution in [2.75, 3.05) is 0 Å². The number of nitrogens with zero attached hydrogens (tertiary/aromatic N) is 1. The lowest BCUT2D eigenvalue weighted by atomic mass is 10.2. The van der Waals surface area contributed by atoms with Crippen LogP contribution in [0, 0.1) is 6.92 Å². The predicted octanol–water partition coefficient (Wildman–Crippen LogP) is 3.90. The summed E-state index contributed by atoms with van der Waals surface area (Å²) in [4.78, 5) is 4.02. The standard InChI is InChI=1S/C10H8ClNOS/c1-7-4-2-3-5-8(7)13-10-12-6-9(11)14-10/h2-6H,1H3. The lowest BCUT2D eigenvalue weighted by molar-refractivity contribution is 0.475. The van der Waals surface area contributed by atoms with Crippen LogP contribution in [-0.2, 0) is 0 Å². The highest BCUT2D eigenvalue weighted by atomic mass is 35.5. The Bertz CT molecular complexity index is 441. The molecular formula is C10H8ClNOS. The minimum absolute atomic E-state index is 0.573. The van der Waals surface area contributed by atoms with Crippen molar-refractivity contribution < 1.29 is 4.74 Å². The second kappa shape index (κ2) is 3.98. The summed E-state index contributed by atoms with van der Waals surface area (Å²) in [5, 5.41) is 0.573. The maximum absolute atomic E-state index is 5.74. The van der Waals surface area contributed by atoms with E-state index in [9.17, 15) is 0 Å². The first-order valence-corrected chi connectivity index (χ1v) is 5.30. The van der Waals surface area contributed by atoms with Crippen LogP contribution in [0.4, 0.5) is 0 Å². The van der Waals surface area contributed by atoms with Crippen LogP contribution in [0.1, 0.15) is 5.56 Å². The molecule has 0 saturated heterocycles. The SMILES string of the molecule is Cc1ccccc1Oc1ncc(Cl)s1. The molecule has 0 bridgehead atoms. The second-order valence-electron chi connectivity index (χ2n) is 2.80. The lowest BCUT2D eigenvalue weighted by Crippen LogP contribution is -1.85. The van der Waals surface area contributed by atoms with Crippen LogP contribution in [0.5, 0.6) is 10.9 Å². The summed E-state index contributed by atoms with van der Waals surface area (Å²) in [7, 11) is 0. The molecule has 2 aromatic rings. The monoisotopic (exact) mass is 225 g/mol. The highest BCUT2D eigenvalue weighted by Crippen LogP contribution is 2.30. The molecule has 2 nitrogen and oxygen atoms in total. The van der Waals surface area contributed by atoms with E-state index in [-0.39, 0.29) is 0 Å². The zero-order valence-corrected chi connectivity index (χ0v) is 9.10. The molecule has 1 heterocycles. The minimum atomic E-state index is 0.573.